The fourth-order valence-corrected chi connectivity index (χ4v) is 4.52. The van der Waals surface area contributed by atoms with Gasteiger partial charge in [0.05, 0.1) is 16.3 Å². The zero-order valence-electron chi connectivity index (χ0n) is 15.4. The number of non-ortho nitro benzene ring substituents is 1. The number of rotatable bonds is 3. The second-order valence-corrected chi connectivity index (χ2v) is 7.46. The monoisotopic (exact) mass is 369 g/mol. The van der Waals surface area contributed by atoms with Gasteiger partial charge in [0.2, 0.25) is 0 Å². The Hall–Kier alpha value is -2.77. The Balaban J connectivity index is 1.63. The molecular formula is C19H23N5O3. The van der Waals surface area contributed by atoms with Crippen LogP contribution in [0.15, 0.2) is 24.3 Å². The van der Waals surface area contributed by atoms with Gasteiger partial charge in [-0.05, 0) is 44.6 Å². The van der Waals surface area contributed by atoms with Gasteiger partial charge in [-0.1, -0.05) is 24.1 Å². The molecule has 4 rings (SSSR count). The lowest BCUT2D eigenvalue weighted by atomic mass is 9.78. The lowest BCUT2D eigenvalue weighted by Gasteiger charge is -2.43. The summed E-state index contributed by atoms with van der Waals surface area (Å²) in [5.41, 5.74) is 1.46. The van der Waals surface area contributed by atoms with E-state index in [2.05, 4.69) is 10.3 Å². The summed E-state index contributed by atoms with van der Waals surface area (Å²) in [6.07, 6.45) is 6.93. The minimum absolute atomic E-state index is 0.0173. The highest BCUT2D eigenvalue weighted by molar-refractivity contribution is 5.93. The molecule has 0 N–H and O–H groups in total. The van der Waals surface area contributed by atoms with Crippen LogP contribution in [-0.4, -0.2) is 43.3 Å². The van der Waals surface area contributed by atoms with Crippen LogP contribution >= 0.6 is 0 Å². The van der Waals surface area contributed by atoms with Gasteiger partial charge >= 0.3 is 0 Å². The van der Waals surface area contributed by atoms with E-state index < -0.39 is 4.92 Å². The van der Waals surface area contributed by atoms with Crippen LogP contribution in [0.1, 0.15) is 54.7 Å². The van der Waals surface area contributed by atoms with Gasteiger partial charge in [0.25, 0.3) is 11.6 Å². The molecule has 2 unspecified atom stereocenters. The molecule has 1 aromatic carbocycles. The lowest BCUT2D eigenvalue weighted by molar-refractivity contribution is -0.384. The van der Waals surface area contributed by atoms with E-state index in [4.69, 9.17) is 0 Å². The normalized spacial score (nSPS) is 22.3. The molecule has 8 heteroatoms. The standard InChI is InChI=1S/C19H23N5O3/c1-13-18(19(25)22-11-5-7-14-6-2-3-10-17(14)22)20-21-23(13)15-8-4-9-16(12-15)24(26)27/h4,8-9,12,14,17H,2-3,5-7,10-11H2,1H3. The van der Waals surface area contributed by atoms with Gasteiger partial charge in [0.1, 0.15) is 0 Å². The number of carbonyl (C=O) groups is 1. The smallest absolute Gasteiger partial charge is 0.276 e. The molecular weight excluding hydrogens is 346 g/mol. The van der Waals surface area contributed by atoms with E-state index in [0.717, 1.165) is 19.4 Å². The average molecular weight is 369 g/mol. The van der Waals surface area contributed by atoms with Crippen molar-refractivity contribution in [1.29, 1.82) is 0 Å². The lowest BCUT2D eigenvalue weighted by Crippen LogP contribution is -2.49. The van der Waals surface area contributed by atoms with E-state index in [0.29, 0.717) is 29.0 Å². The van der Waals surface area contributed by atoms with Gasteiger partial charge in [-0.2, -0.15) is 0 Å². The molecule has 1 aliphatic heterocycles. The number of aromatic nitrogens is 3. The maximum atomic E-state index is 13.2. The van der Waals surface area contributed by atoms with E-state index in [1.807, 2.05) is 4.90 Å². The number of carbonyl (C=O) groups excluding carboxylic acids is 1. The first-order chi connectivity index (χ1) is 13.1. The van der Waals surface area contributed by atoms with Crippen molar-refractivity contribution in [1.82, 2.24) is 19.9 Å². The van der Waals surface area contributed by atoms with Crippen molar-refractivity contribution in [3.05, 3.63) is 45.8 Å². The number of hydrogen-bond acceptors (Lipinski definition) is 5. The van der Waals surface area contributed by atoms with E-state index in [1.54, 1.807) is 19.1 Å². The average Bonchev–Trinajstić information content (AvgIpc) is 3.08. The Bertz CT molecular complexity index is 876. The Kier molecular flexibility index (Phi) is 4.63. The first kappa shape index (κ1) is 17.6. The minimum atomic E-state index is -0.446. The third kappa shape index (κ3) is 3.20. The Morgan fingerprint density at radius 1 is 1.22 bits per heavy atom. The number of nitrogens with zero attached hydrogens (tertiary/aromatic N) is 5. The molecule has 0 radical (unpaired) electrons. The molecule has 0 bridgehead atoms. The summed E-state index contributed by atoms with van der Waals surface area (Å²) in [5, 5.41) is 19.3. The van der Waals surface area contributed by atoms with Crippen molar-refractivity contribution in [3.8, 4) is 5.69 Å². The van der Waals surface area contributed by atoms with E-state index in [1.165, 1.54) is 42.5 Å². The zero-order chi connectivity index (χ0) is 19.0. The Labute approximate surface area is 157 Å². The highest BCUT2D eigenvalue weighted by atomic mass is 16.6. The molecule has 1 aliphatic carbocycles. The number of piperidine rings is 1. The van der Waals surface area contributed by atoms with Crippen molar-refractivity contribution < 1.29 is 9.72 Å². The third-order valence-electron chi connectivity index (χ3n) is 5.89. The first-order valence-corrected chi connectivity index (χ1v) is 9.54. The van der Waals surface area contributed by atoms with Gasteiger partial charge in [0.15, 0.2) is 5.69 Å². The number of nitro benzene ring substituents is 1. The Morgan fingerprint density at radius 2 is 2.00 bits per heavy atom. The number of fused-ring (bicyclic) bond motifs is 1. The molecule has 2 aromatic rings. The SMILES string of the molecule is Cc1c(C(=O)N2CCCC3CCCCC32)nnn1-c1cccc([N+](=O)[O-])c1. The van der Waals surface area contributed by atoms with Crippen LogP contribution in [-0.2, 0) is 0 Å². The van der Waals surface area contributed by atoms with E-state index in [-0.39, 0.29) is 11.6 Å². The Morgan fingerprint density at radius 3 is 2.81 bits per heavy atom. The second-order valence-electron chi connectivity index (χ2n) is 7.46. The summed E-state index contributed by atoms with van der Waals surface area (Å²) in [6.45, 7) is 2.55. The molecule has 2 heterocycles. The highest BCUT2D eigenvalue weighted by Gasteiger charge is 2.37. The highest BCUT2D eigenvalue weighted by Crippen LogP contribution is 2.36. The van der Waals surface area contributed by atoms with E-state index in [9.17, 15) is 14.9 Å². The van der Waals surface area contributed by atoms with Crippen molar-refractivity contribution in [3.63, 3.8) is 0 Å². The third-order valence-corrected chi connectivity index (χ3v) is 5.89. The summed E-state index contributed by atoms with van der Waals surface area (Å²) in [7, 11) is 0. The van der Waals surface area contributed by atoms with Crippen LogP contribution in [0.2, 0.25) is 0 Å². The molecule has 2 fully saturated rings. The topological polar surface area (TPSA) is 94.2 Å². The number of likely N-dealkylation sites (tertiary alicyclic amines) is 1. The van der Waals surface area contributed by atoms with Crippen molar-refractivity contribution in [2.24, 2.45) is 5.92 Å². The molecule has 8 nitrogen and oxygen atoms in total. The quantitative estimate of drug-likeness (QED) is 0.611. The molecule has 0 spiro atoms. The van der Waals surface area contributed by atoms with Gasteiger partial charge in [0, 0.05) is 24.7 Å². The summed E-state index contributed by atoms with van der Waals surface area (Å²) in [4.78, 5) is 25.8. The molecule has 2 atom stereocenters. The van der Waals surface area contributed by atoms with Crippen LogP contribution in [0.3, 0.4) is 0 Å². The predicted octanol–water partition coefficient (Wildman–Crippen LogP) is 3.28. The number of hydrogen-bond donors (Lipinski definition) is 0. The van der Waals surface area contributed by atoms with Crippen molar-refractivity contribution in [2.75, 3.05) is 6.54 Å². The van der Waals surface area contributed by atoms with Crippen molar-refractivity contribution >= 4 is 11.6 Å². The predicted molar refractivity (Wildman–Crippen MR) is 98.8 cm³/mol. The number of benzene rings is 1. The summed E-state index contributed by atoms with van der Waals surface area (Å²) < 4.78 is 1.50. The summed E-state index contributed by atoms with van der Waals surface area (Å²) in [5.74, 6) is 0.532. The fourth-order valence-electron chi connectivity index (χ4n) is 4.52. The number of nitro groups is 1. The minimum Gasteiger partial charge on any atom is -0.334 e. The molecule has 27 heavy (non-hydrogen) atoms. The maximum Gasteiger partial charge on any atom is 0.276 e. The zero-order valence-corrected chi connectivity index (χ0v) is 15.4. The van der Waals surface area contributed by atoms with Gasteiger partial charge < -0.3 is 4.90 Å². The molecule has 1 amide bonds. The maximum absolute atomic E-state index is 13.2. The molecule has 142 valence electrons. The molecule has 2 aliphatic rings. The van der Waals surface area contributed by atoms with Crippen LogP contribution in [0, 0.1) is 23.0 Å². The van der Waals surface area contributed by atoms with E-state index >= 15 is 0 Å². The summed E-state index contributed by atoms with van der Waals surface area (Å²) >= 11 is 0. The summed E-state index contributed by atoms with van der Waals surface area (Å²) in [6, 6.07) is 6.50. The van der Waals surface area contributed by atoms with Gasteiger partial charge in [-0.15, -0.1) is 5.10 Å². The second kappa shape index (κ2) is 7.09. The van der Waals surface area contributed by atoms with Gasteiger partial charge in [-0.3, -0.25) is 14.9 Å². The van der Waals surface area contributed by atoms with Gasteiger partial charge in [-0.25, -0.2) is 4.68 Å². The van der Waals surface area contributed by atoms with Crippen LogP contribution < -0.4 is 0 Å². The van der Waals surface area contributed by atoms with Crippen molar-refractivity contribution in [2.45, 2.75) is 51.5 Å². The first-order valence-electron chi connectivity index (χ1n) is 9.54. The largest absolute Gasteiger partial charge is 0.334 e. The molecule has 1 saturated carbocycles. The fraction of sp³-hybridized carbons (Fsp3) is 0.526. The number of amides is 1. The van der Waals surface area contributed by atoms with Crippen LogP contribution in [0.25, 0.3) is 5.69 Å². The molecule has 1 saturated heterocycles. The molecule has 1 aromatic heterocycles. The van der Waals surface area contributed by atoms with Crippen LogP contribution in [0.4, 0.5) is 5.69 Å². The van der Waals surface area contributed by atoms with Crippen LogP contribution in [0.5, 0.6) is 0 Å².